The molecule has 1 aromatic rings. The van der Waals surface area contributed by atoms with Gasteiger partial charge in [0.2, 0.25) is 0 Å². The van der Waals surface area contributed by atoms with Crippen LogP contribution in [0.15, 0.2) is 18.2 Å². The zero-order valence-corrected chi connectivity index (χ0v) is 16.3. The second kappa shape index (κ2) is 11.3. The highest BCUT2D eigenvalue weighted by Crippen LogP contribution is 2.28. The average Bonchev–Trinajstić information content (AvgIpc) is 2.53. The molecule has 0 fully saturated rings. The van der Waals surface area contributed by atoms with Crippen LogP contribution in [0.2, 0.25) is 0 Å². The SMILES string of the molecule is COc1ccc(CN(CCCN(C)C)CCCN(C)C)cc1OC. The molecule has 24 heavy (non-hydrogen) atoms. The van der Waals surface area contributed by atoms with Crippen molar-refractivity contribution in [2.24, 2.45) is 0 Å². The molecule has 0 unspecified atom stereocenters. The Morgan fingerprint density at radius 2 is 1.29 bits per heavy atom. The average molecular weight is 338 g/mol. The van der Waals surface area contributed by atoms with Crippen LogP contribution in [0, 0.1) is 0 Å². The van der Waals surface area contributed by atoms with Gasteiger partial charge in [0.15, 0.2) is 11.5 Å². The Hall–Kier alpha value is -1.30. The maximum Gasteiger partial charge on any atom is 0.161 e. The summed E-state index contributed by atoms with van der Waals surface area (Å²) in [4.78, 5) is 7.02. The van der Waals surface area contributed by atoms with E-state index in [0.717, 1.165) is 44.2 Å². The van der Waals surface area contributed by atoms with Crippen molar-refractivity contribution in [1.29, 1.82) is 0 Å². The molecule has 0 aromatic heterocycles. The van der Waals surface area contributed by atoms with Gasteiger partial charge in [-0.05, 0) is 84.9 Å². The fraction of sp³-hybridized carbons (Fsp3) is 0.684. The number of ether oxygens (including phenoxy) is 2. The number of rotatable bonds is 12. The lowest BCUT2D eigenvalue weighted by molar-refractivity contribution is 0.233. The van der Waals surface area contributed by atoms with Crippen molar-refractivity contribution in [3.8, 4) is 11.5 Å². The van der Waals surface area contributed by atoms with Gasteiger partial charge in [0.25, 0.3) is 0 Å². The summed E-state index contributed by atoms with van der Waals surface area (Å²) in [5, 5.41) is 0. The third kappa shape index (κ3) is 7.99. The minimum atomic E-state index is 0.785. The number of benzene rings is 1. The summed E-state index contributed by atoms with van der Waals surface area (Å²) < 4.78 is 10.8. The predicted octanol–water partition coefficient (Wildman–Crippen LogP) is 2.41. The normalized spacial score (nSPS) is 11.5. The molecule has 0 atom stereocenters. The van der Waals surface area contributed by atoms with Gasteiger partial charge < -0.3 is 19.3 Å². The summed E-state index contributed by atoms with van der Waals surface area (Å²) in [6.45, 7) is 5.41. The number of methoxy groups -OCH3 is 2. The molecule has 1 rings (SSSR count). The molecule has 0 aliphatic rings. The fourth-order valence-corrected chi connectivity index (χ4v) is 2.73. The van der Waals surface area contributed by atoms with Crippen molar-refractivity contribution in [1.82, 2.24) is 14.7 Å². The molecule has 0 N–H and O–H groups in total. The van der Waals surface area contributed by atoms with E-state index in [4.69, 9.17) is 9.47 Å². The van der Waals surface area contributed by atoms with E-state index in [2.05, 4.69) is 55.0 Å². The molecule has 138 valence electrons. The minimum absolute atomic E-state index is 0.785. The van der Waals surface area contributed by atoms with Crippen LogP contribution in [-0.4, -0.2) is 83.3 Å². The van der Waals surface area contributed by atoms with Gasteiger partial charge in [0.1, 0.15) is 0 Å². The van der Waals surface area contributed by atoms with Crippen molar-refractivity contribution in [2.45, 2.75) is 19.4 Å². The molecular weight excluding hydrogens is 302 g/mol. The van der Waals surface area contributed by atoms with Gasteiger partial charge in [-0.2, -0.15) is 0 Å². The second-order valence-electron chi connectivity index (χ2n) is 6.78. The zero-order chi connectivity index (χ0) is 17.9. The Bertz CT molecular complexity index is 450. The summed E-state index contributed by atoms with van der Waals surface area (Å²) in [5.41, 5.74) is 1.27. The van der Waals surface area contributed by atoms with Crippen LogP contribution in [0.25, 0.3) is 0 Å². The van der Waals surface area contributed by atoms with E-state index in [9.17, 15) is 0 Å². The van der Waals surface area contributed by atoms with Gasteiger partial charge in [-0.3, -0.25) is 4.90 Å². The molecule has 1 aromatic carbocycles. The van der Waals surface area contributed by atoms with Crippen LogP contribution in [0.1, 0.15) is 18.4 Å². The topological polar surface area (TPSA) is 28.2 Å². The van der Waals surface area contributed by atoms with Crippen molar-refractivity contribution >= 4 is 0 Å². The van der Waals surface area contributed by atoms with Crippen molar-refractivity contribution in [3.63, 3.8) is 0 Å². The Morgan fingerprint density at radius 1 is 0.750 bits per heavy atom. The van der Waals surface area contributed by atoms with Gasteiger partial charge in [-0.15, -0.1) is 0 Å². The van der Waals surface area contributed by atoms with Gasteiger partial charge in [0, 0.05) is 6.54 Å². The fourth-order valence-electron chi connectivity index (χ4n) is 2.73. The molecule has 0 aliphatic carbocycles. The Kier molecular flexibility index (Phi) is 9.76. The first-order chi connectivity index (χ1) is 11.5. The highest BCUT2D eigenvalue weighted by atomic mass is 16.5. The molecule has 5 nitrogen and oxygen atoms in total. The highest BCUT2D eigenvalue weighted by Gasteiger charge is 2.10. The summed E-state index contributed by atoms with van der Waals surface area (Å²) in [7, 11) is 11.9. The molecule has 5 heteroatoms. The summed E-state index contributed by atoms with van der Waals surface area (Å²) in [6.07, 6.45) is 2.37. The molecule has 0 spiro atoms. The van der Waals surface area contributed by atoms with Crippen molar-refractivity contribution in [2.75, 3.05) is 68.6 Å². The van der Waals surface area contributed by atoms with Crippen molar-refractivity contribution < 1.29 is 9.47 Å². The molecule has 0 amide bonds. The summed E-state index contributed by atoms with van der Waals surface area (Å²) in [5.74, 6) is 1.59. The first-order valence-corrected chi connectivity index (χ1v) is 8.69. The van der Waals surface area contributed by atoms with E-state index < -0.39 is 0 Å². The van der Waals surface area contributed by atoms with E-state index >= 15 is 0 Å². The molecule has 0 heterocycles. The lowest BCUT2D eigenvalue weighted by atomic mass is 10.1. The van der Waals surface area contributed by atoms with Gasteiger partial charge in [0.05, 0.1) is 14.2 Å². The van der Waals surface area contributed by atoms with Crippen LogP contribution in [0.3, 0.4) is 0 Å². The molecule has 0 radical (unpaired) electrons. The largest absolute Gasteiger partial charge is 0.493 e. The highest BCUT2D eigenvalue weighted by molar-refractivity contribution is 5.42. The lowest BCUT2D eigenvalue weighted by Gasteiger charge is -2.24. The summed E-state index contributed by atoms with van der Waals surface area (Å²) >= 11 is 0. The first kappa shape index (κ1) is 20.7. The third-order valence-electron chi connectivity index (χ3n) is 4.01. The molecule has 0 saturated heterocycles. The molecular formula is C19H35N3O2. The Balaban J connectivity index is 2.67. The maximum absolute atomic E-state index is 5.43. The third-order valence-corrected chi connectivity index (χ3v) is 4.01. The Labute approximate surface area is 148 Å². The van der Waals surface area contributed by atoms with Crippen LogP contribution < -0.4 is 9.47 Å². The first-order valence-electron chi connectivity index (χ1n) is 8.69. The monoisotopic (exact) mass is 337 g/mol. The van der Waals surface area contributed by atoms with E-state index in [-0.39, 0.29) is 0 Å². The van der Waals surface area contributed by atoms with E-state index in [1.54, 1.807) is 14.2 Å². The van der Waals surface area contributed by atoms with Crippen LogP contribution >= 0.6 is 0 Å². The number of hydrogen-bond acceptors (Lipinski definition) is 5. The number of hydrogen-bond donors (Lipinski definition) is 0. The van der Waals surface area contributed by atoms with E-state index in [1.807, 2.05) is 6.07 Å². The van der Waals surface area contributed by atoms with Gasteiger partial charge in [-0.25, -0.2) is 0 Å². The quantitative estimate of drug-likeness (QED) is 0.584. The van der Waals surface area contributed by atoms with E-state index in [0.29, 0.717) is 0 Å². The molecule has 0 bridgehead atoms. The lowest BCUT2D eigenvalue weighted by Crippen LogP contribution is -2.30. The van der Waals surface area contributed by atoms with Crippen LogP contribution in [0.5, 0.6) is 11.5 Å². The van der Waals surface area contributed by atoms with Crippen molar-refractivity contribution in [3.05, 3.63) is 23.8 Å². The predicted molar refractivity (Wildman–Crippen MR) is 101 cm³/mol. The van der Waals surface area contributed by atoms with Gasteiger partial charge >= 0.3 is 0 Å². The minimum Gasteiger partial charge on any atom is -0.493 e. The maximum atomic E-state index is 5.43. The second-order valence-corrected chi connectivity index (χ2v) is 6.78. The molecule has 0 aliphatic heterocycles. The van der Waals surface area contributed by atoms with Gasteiger partial charge in [-0.1, -0.05) is 6.07 Å². The van der Waals surface area contributed by atoms with Crippen LogP contribution in [0.4, 0.5) is 0 Å². The smallest absolute Gasteiger partial charge is 0.161 e. The van der Waals surface area contributed by atoms with E-state index in [1.165, 1.54) is 18.4 Å². The molecule has 0 saturated carbocycles. The Morgan fingerprint density at radius 3 is 1.75 bits per heavy atom. The number of nitrogens with zero attached hydrogens (tertiary/aromatic N) is 3. The summed E-state index contributed by atoms with van der Waals surface area (Å²) in [6, 6.07) is 6.21. The van der Waals surface area contributed by atoms with Crippen LogP contribution in [-0.2, 0) is 6.54 Å². The standard InChI is InChI=1S/C19H35N3O2/c1-20(2)11-7-13-22(14-8-12-21(3)4)16-17-9-10-18(23-5)19(15-17)24-6/h9-10,15H,7-8,11-14,16H2,1-6H3. The zero-order valence-electron chi connectivity index (χ0n) is 16.3.